The first kappa shape index (κ1) is 11.9. The van der Waals surface area contributed by atoms with Crippen LogP contribution in [0.15, 0.2) is 46.3 Å². The van der Waals surface area contributed by atoms with E-state index in [1.165, 1.54) is 6.26 Å². The van der Waals surface area contributed by atoms with Gasteiger partial charge in [0.25, 0.3) is 5.91 Å². The minimum Gasteiger partial charge on any atom is -0.451 e. The van der Waals surface area contributed by atoms with E-state index in [2.05, 4.69) is 25.3 Å². The molecule has 3 rings (SSSR count). The monoisotopic (exact) mass is 270 g/mol. The van der Waals surface area contributed by atoms with Crippen LogP contribution in [-0.4, -0.2) is 26.8 Å². The molecule has 3 aromatic rings. The summed E-state index contributed by atoms with van der Waals surface area (Å²) in [5, 5.41) is 2.38. The van der Waals surface area contributed by atoms with E-state index in [1.807, 2.05) is 24.3 Å². The molecular weight excluding hydrogens is 260 g/mol. The molecule has 0 aliphatic carbocycles. The van der Waals surface area contributed by atoms with Gasteiger partial charge < -0.3 is 15.1 Å². The van der Waals surface area contributed by atoms with Crippen molar-refractivity contribution in [3.8, 4) is 0 Å². The Morgan fingerprint density at radius 3 is 3.00 bits per heavy atom. The Balaban J connectivity index is 1.79. The van der Waals surface area contributed by atoms with Gasteiger partial charge in [-0.3, -0.25) is 10.1 Å². The van der Waals surface area contributed by atoms with Crippen molar-refractivity contribution in [1.82, 2.24) is 20.3 Å². The van der Waals surface area contributed by atoms with Crippen LogP contribution in [0.1, 0.15) is 10.5 Å². The van der Waals surface area contributed by atoms with Crippen LogP contribution < -0.4 is 11.1 Å². The lowest BCUT2D eigenvalue weighted by molar-refractivity contribution is 0.0972. The SMILES string of the molecule is NC(=Nc1nc2ccccc2[nH]1)NC(=O)c1cocn1. The average molecular weight is 270 g/mol. The highest BCUT2D eigenvalue weighted by Crippen LogP contribution is 2.15. The van der Waals surface area contributed by atoms with Gasteiger partial charge >= 0.3 is 0 Å². The fourth-order valence-corrected chi connectivity index (χ4v) is 1.64. The molecule has 0 bridgehead atoms. The minimum atomic E-state index is -0.504. The number of rotatable bonds is 2. The number of H-pyrrole nitrogens is 1. The van der Waals surface area contributed by atoms with E-state index in [9.17, 15) is 4.79 Å². The molecule has 0 aliphatic rings. The first-order valence-electron chi connectivity index (χ1n) is 5.71. The van der Waals surface area contributed by atoms with Crippen molar-refractivity contribution in [2.24, 2.45) is 10.7 Å². The maximum absolute atomic E-state index is 11.7. The molecule has 2 aromatic heterocycles. The second-order valence-electron chi connectivity index (χ2n) is 3.90. The van der Waals surface area contributed by atoms with E-state index >= 15 is 0 Å². The number of nitrogens with one attached hydrogen (secondary N) is 2. The number of amides is 1. The fourth-order valence-electron chi connectivity index (χ4n) is 1.64. The van der Waals surface area contributed by atoms with Crippen LogP contribution >= 0.6 is 0 Å². The number of guanidine groups is 1. The minimum absolute atomic E-state index is 0.0861. The van der Waals surface area contributed by atoms with Gasteiger partial charge in [0, 0.05) is 0 Å². The molecule has 2 heterocycles. The van der Waals surface area contributed by atoms with Crippen LogP contribution in [0.25, 0.3) is 11.0 Å². The Morgan fingerprint density at radius 2 is 2.25 bits per heavy atom. The van der Waals surface area contributed by atoms with Gasteiger partial charge in [0.1, 0.15) is 6.26 Å². The lowest BCUT2D eigenvalue weighted by Crippen LogP contribution is -2.36. The first-order chi connectivity index (χ1) is 9.72. The Kier molecular flexibility index (Phi) is 2.88. The van der Waals surface area contributed by atoms with E-state index in [1.54, 1.807) is 0 Å². The number of carbonyl (C=O) groups excluding carboxylic acids is 1. The largest absolute Gasteiger partial charge is 0.451 e. The zero-order chi connectivity index (χ0) is 13.9. The van der Waals surface area contributed by atoms with Gasteiger partial charge in [-0.2, -0.15) is 4.99 Å². The summed E-state index contributed by atoms with van der Waals surface area (Å²) in [6.45, 7) is 0. The molecular formula is C12H10N6O2. The summed E-state index contributed by atoms with van der Waals surface area (Å²) in [7, 11) is 0. The van der Waals surface area contributed by atoms with Gasteiger partial charge in [-0.25, -0.2) is 9.97 Å². The zero-order valence-corrected chi connectivity index (χ0v) is 10.2. The summed E-state index contributed by atoms with van der Waals surface area (Å²) < 4.78 is 4.70. The van der Waals surface area contributed by atoms with Crippen molar-refractivity contribution in [3.63, 3.8) is 0 Å². The van der Waals surface area contributed by atoms with E-state index in [0.29, 0.717) is 5.95 Å². The van der Waals surface area contributed by atoms with Crippen molar-refractivity contribution in [3.05, 3.63) is 42.6 Å². The molecule has 0 spiro atoms. The van der Waals surface area contributed by atoms with Gasteiger partial charge in [0.15, 0.2) is 12.1 Å². The first-order valence-corrected chi connectivity index (χ1v) is 5.71. The van der Waals surface area contributed by atoms with Crippen molar-refractivity contribution < 1.29 is 9.21 Å². The number of oxazole rings is 1. The van der Waals surface area contributed by atoms with Crippen LogP contribution in [0.2, 0.25) is 0 Å². The maximum Gasteiger partial charge on any atom is 0.279 e. The highest BCUT2D eigenvalue weighted by Gasteiger charge is 2.10. The lowest BCUT2D eigenvalue weighted by Gasteiger charge is -1.99. The van der Waals surface area contributed by atoms with Crippen LogP contribution in [-0.2, 0) is 0 Å². The summed E-state index contributed by atoms with van der Waals surface area (Å²) in [6.07, 6.45) is 2.37. The number of aromatic amines is 1. The normalized spacial score (nSPS) is 11.7. The summed E-state index contributed by atoms with van der Waals surface area (Å²) >= 11 is 0. The molecule has 0 saturated heterocycles. The third-order valence-corrected chi connectivity index (χ3v) is 2.51. The lowest BCUT2D eigenvalue weighted by atomic mass is 10.3. The Bertz CT molecular complexity index is 741. The Morgan fingerprint density at radius 1 is 1.40 bits per heavy atom. The second-order valence-corrected chi connectivity index (χ2v) is 3.90. The molecule has 0 fully saturated rings. The molecule has 0 unspecified atom stereocenters. The zero-order valence-electron chi connectivity index (χ0n) is 10.2. The van der Waals surface area contributed by atoms with Crippen molar-refractivity contribution in [2.45, 2.75) is 0 Å². The molecule has 8 nitrogen and oxygen atoms in total. The average Bonchev–Trinajstić information content (AvgIpc) is 3.07. The number of fused-ring (bicyclic) bond motifs is 1. The number of aromatic nitrogens is 3. The smallest absolute Gasteiger partial charge is 0.279 e. The molecule has 20 heavy (non-hydrogen) atoms. The van der Waals surface area contributed by atoms with Gasteiger partial charge in [-0.15, -0.1) is 0 Å². The molecule has 0 saturated carbocycles. The van der Waals surface area contributed by atoms with Crippen LogP contribution in [0.5, 0.6) is 0 Å². The van der Waals surface area contributed by atoms with Gasteiger partial charge in [-0.05, 0) is 12.1 Å². The highest BCUT2D eigenvalue weighted by molar-refractivity contribution is 6.04. The van der Waals surface area contributed by atoms with Crippen molar-refractivity contribution in [1.29, 1.82) is 0 Å². The molecule has 4 N–H and O–H groups in total. The van der Waals surface area contributed by atoms with E-state index in [0.717, 1.165) is 17.4 Å². The quantitative estimate of drug-likeness (QED) is 0.472. The van der Waals surface area contributed by atoms with Gasteiger partial charge in [0.2, 0.25) is 11.9 Å². The predicted molar refractivity (Wildman–Crippen MR) is 71.3 cm³/mol. The van der Waals surface area contributed by atoms with Crippen molar-refractivity contribution >= 4 is 28.8 Å². The van der Waals surface area contributed by atoms with Gasteiger partial charge in [0.05, 0.1) is 11.0 Å². The third kappa shape index (κ3) is 2.34. The molecule has 100 valence electrons. The summed E-state index contributed by atoms with van der Waals surface area (Å²) in [4.78, 5) is 26.5. The summed E-state index contributed by atoms with van der Waals surface area (Å²) in [6, 6.07) is 7.45. The number of nitrogens with zero attached hydrogens (tertiary/aromatic N) is 3. The van der Waals surface area contributed by atoms with Crippen LogP contribution in [0, 0.1) is 0 Å². The molecule has 0 atom stereocenters. The van der Waals surface area contributed by atoms with Crippen LogP contribution in [0.4, 0.5) is 5.95 Å². The topological polar surface area (TPSA) is 122 Å². The number of hydrogen-bond donors (Lipinski definition) is 3. The standard InChI is InChI=1S/C12H10N6O2/c13-11(17-10(19)9-5-20-6-14-9)18-12-15-7-3-1-2-4-8(7)16-12/h1-6H,(H4,13,15,16,17,18,19). The second kappa shape index (κ2) is 4.84. The molecule has 0 aliphatic heterocycles. The number of hydrogen-bond acceptors (Lipinski definition) is 5. The van der Waals surface area contributed by atoms with E-state index < -0.39 is 5.91 Å². The number of benzene rings is 1. The van der Waals surface area contributed by atoms with Crippen molar-refractivity contribution in [2.75, 3.05) is 0 Å². The Hall–Kier alpha value is -3.16. The molecule has 1 aromatic carbocycles. The third-order valence-electron chi connectivity index (χ3n) is 2.51. The highest BCUT2D eigenvalue weighted by atomic mass is 16.3. The molecule has 8 heteroatoms. The summed E-state index contributed by atoms with van der Waals surface area (Å²) in [5.41, 5.74) is 7.35. The van der Waals surface area contributed by atoms with E-state index in [-0.39, 0.29) is 11.7 Å². The predicted octanol–water partition coefficient (Wildman–Crippen LogP) is 0.927. The number of aliphatic imine (C=N–C) groups is 1. The number of nitrogens with two attached hydrogens (primary N) is 1. The van der Waals surface area contributed by atoms with Crippen LogP contribution in [0.3, 0.4) is 0 Å². The van der Waals surface area contributed by atoms with E-state index in [4.69, 9.17) is 10.2 Å². The summed E-state index contributed by atoms with van der Waals surface area (Å²) in [5.74, 6) is -0.280. The number of carbonyl (C=O) groups is 1. The number of para-hydroxylation sites is 2. The molecule has 0 radical (unpaired) electrons. The van der Waals surface area contributed by atoms with Gasteiger partial charge in [-0.1, -0.05) is 12.1 Å². The number of imidazole rings is 1. The fraction of sp³-hybridized carbons (Fsp3) is 0. The molecule has 1 amide bonds. The maximum atomic E-state index is 11.7. The Labute approximate surface area is 112 Å².